The molecule has 0 N–H and O–H groups in total. The molecule has 0 saturated heterocycles. The number of unbranched alkanes of at least 4 members (excludes halogenated alkanes) is 8. The number of hydrogen-bond donors (Lipinski definition) is 0. The van der Waals surface area contributed by atoms with Crippen LogP contribution in [0.4, 0.5) is 0 Å². The van der Waals surface area contributed by atoms with Crippen LogP contribution in [0.5, 0.6) is 0 Å². The fraction of sp³-hybridized carbons (Fsp3) is 0.786. The van der Waals surface area contributed by atoms with Crippen LogP contribution in [0.1, 0.15) is 71.1 Å². The second-order valence-electron chi connectivity index (χ2n) is 4.13. The molecule has 0 aromatic heterocycles. The average Bonchev–Trinajstić information content (AvgIpc) is 2.26. The number of carbonyl (C=O) groups is 1. The fourth-order valence-electron chi connectivity index (χ4n) is 1.60. The van der Waals surface area contributed by atoms with E-state index in [1.807, 2.05) is 0 Å². The van der Waals surface area contributed by atoms with E-state index in [2.05, 4.69) is 19.1 Å². The second kappa shape index (κ2) is 13.4. The maximum absolute atomic E-state index is 10.0. The van der Waals surface area contributed by atoms with Crippen LogP contribution < -0.4 is 0 Å². The molecular weight excluding hydrogens is 184 g/mol. The monoisotopic (exact) mass is 210 g/mol. The van der Waals surface area contributed by atoms with Crippen molar-refractivity contribution in [3.63, 3.8) is 0 Å². The topological polar surface area (TPSA) is 17.1 Å². The summed E-state index contributed by atoms with van der Waals surface area (Å²) >= 11 is 0. The third-order valence-electron chi connectivity index (χ3n) is 2.58. The summed E-state index contributed by atoms with van der Waals surface area (Å²) in [7, 11) is 0. The third kappa shape index (κ3) is 13.4. The number of aldehydes is 1. The van der Waals surface area contributed by atoms with Gasteiger partial charge in [-0.25, -0.2) is 0 Å². The molecule has 0 aliphatic heterocycles. The molecule has 0 radical (unpaired) electrons. The molecule has 0 fully saturated rings. The minimum atomic E-state index is 0.710. The van der Waals surface area contributed by atoms with Gasteiger partial charge in [0.1, 0.15) is 6.29 Å². The highest BCUT2D eigenvalue weighted by molar-refractivity contribution is 5.48. The molecule has 0 aromatic rings. The highest BCUT2D eigenvalue weighted by atomic mass is 16.1. The fourth-order valence-corrected chi connectivity index (χ4v) is 1.60. The van der Waals surface area contributed by atoms with E-state index < -0.39 is 0 Å². The van der Waals surface area contributed by atoms with Crippen molar-refractivity contribution in [2.24, 2.45) is 0 Å². The molecule has 0 bridgehead atoms. The van der Waals surface area contributed by atoms with Gasteiger partial charge in [-0.2, -0.15) is 0 Å². The van der Waals surface area contributed by atoms with Gasteiger partial charge in [-0.1, -0.05) is 51.2 Å². The lowest BCUT2D eigenvalue weighted by molar-refractivity contribution is -0.107. The summed E-state index contributed by atoms with van der Waals surface area (Å²) in [6, 6.07) is 0. The lowest BCUT2D eigenvalue weighted by Crippen LogP contribution is -1.78. The number of hydrogen-bond acceptors (Lipinski definition) is 1. The van der Waals surface area contributed by atoms with Crippen molar-refractivity contribution < 1.29 is 4.79 Å². The van der Waals surface area contributed by atoms with Crippen LogP contribution in [0.15, 0.2) is 12.2 Å². The molecule has 0 spiro atoms. The minimum absolute atomic E-state index is 0.710. The van der Waals surface area contributed by atoms with Crippen molar-refractivity contribution in [3.8, 4) is 0 Å². The Balaban J connectivity index is 2.99. The molecule has 15 heavy (non-hydrogen) atoms. The normalized spacial score (nSPS) is 11.0. The molecule has 0 aliphatic rings. The molecule has 0 atom stereocenters. The van der Waals surface area contributed by atoms with Gasteiger partial charge >= 0.3 is 0 Å². The lowest BCUT2D eigenvalue weighted by Gasteiger charge is -1.97. The van der Waals surface area contributed by atoms with E-state index in [1.54, 1.807) is 0 Å². The van der Waals surface area contributed by atoms with Gasteiger partial charge in [-0.15, -0.1) is 0 Å². The molecule has 0 amide bonds. The van der Waals surface area contributed by atoms with Gasteiger partial charge in [-0.3, -0.25) is 0 Å². The Morgan fingerprint density at radius 2 is 1.33 bits per heavy atom. The molecule has 0 saturated carbocycles. The zero-order valence-corrected chi connectivity index (χ0v) is 10.2. The van der Waals surface area contributed by atoms with Gasteiger partial charge < -0.3 is 4.79 Å². The standard InChI is InChI=1S/C14H26O/c1-2-3-4-5-6-7-8-9-10-11-12-13-14-15/h9-10,14H,2-8,11-13H2,1H3/b10-9+. The van der Waals surface area contributed by atoms with Crippen molar-refractivity contribution in [2.75, 3.05) is 0 Å². The van der Waals surface area contributed by atoms with Crippen LogP contribution in [0.2, 0.25) is 0 Å². The Bertz CT molecular complexity index is 149. The van der Waals surface area contributed by atoms with Crippen molar-refractivity contribution in [1.29, 1.82) is 0 Å². The molecule has 0 heterocycles. The first-order chi connectivity index (χ1) is 7.41. The van der Waals surface area contributed by atoms with E-state index in [0.29, 0.717) is 6.42 Å². The largest absolute Gasteiger partial charge is 0.303 e. The summed E-state index contributed by atoms with van der Waals surface area (Å²) in [6.07, 6.45) is 17.7. The summed E-state index contributed by atoms with van der Waals surface area (Å²) < 4.78 is 0. The molecular formula is C14H26O. The molecule has 1 nitrogen and oxygen atoms in total. The van der Waals surface area contributed by atoms with Gasteiger partial charge in [0.15, 0.2) is 0 Å². The van der Waals surface area contributed by atoms with Crippen molar-refractivity contribution in [2.45, 2.75) is 71.1 Å². The number of rotatable bonds is 11. The number of carbonyl (C=O) groups excluding carboxylic acids is 1. The lowest BCUT2D eigenvalue weighted by atomic mass is 10.1. The maximum atomic E-state index is 10.0. The first-order valence-electron chi connectivity index (χ1n) is 6.50. The first kappa shape index (κ1) is 14.4. The van der Waals surface area contributed by atoms with Crippen LogP contribution in [0.3, 0.4) is 0 Å². The van der Waals surface area contributed by atoms with Crippen LogP contribution in [0, 0.1) is 0 Å². The predicted molar refractivity (Wildman–Crippen MR) is 67.0 cm³/mol. The Labute approximate surface area is 95.0 Å². The van der Waals surface area contributed by atoms with E-state index in [9.17, 15) is 4.79 Å². The molecule has 0 aliphatic carbocycles. The van der Waals surface area contributed by atoms with Crippen molar-refractivity contribution >= 4 is 6.29 Å². The van der Waals surface area contributed by atoms with E-state index in [1.165, 1.54) is 44.9 Å². The summed E-state index contributed by atoms with van der Waals surface area (Å²) in [5, 5.41) is 0. The van der Waals surface area contributed by atoms with E-state index >= 15 is 0 Å². The average molecular weight is 210 g/mol. The van der Waals surface area contributed by atoms with E-state index in [0.717, 1.165) is 19.1 Å². The van der Waals surface area contributed by atoms with Gasteiger partial charge in [0, 0.05) is 6.42 Å². The van der Waals surface area contributed by atoms with E-state index in [4.69, 9.17) is 0 Å². The van der Waals surface area contributed by atoms with Crippen LogP contribution in [0.25, 0.3) is 0 Å². The Kier molecular flexibility index (Phi) is 12.9. The molecule has 0 unspecified atom stereocenters. The Morgan fingerprint density at radius 1 is 0.733 bits per heavy atom. The summed E-state index contributed by atoms with van der Waals surface area (Å²) in [6.45, 7) is 2.25. The molecule has 0 rings (SSSR count). The highest BCUT2D eigenvalue weighted by Crippen LogP contribution is 2.07. The molecule has 88 valence electrons. The molecule has 0 aromatic carbocycles. The van der Waals surface area contributed by atoms with E-state index in [-0.39, 0.29) is 0 Å². The predicted octanol–water partition coefficient (Wildman–Crippen LogP) is 4.66. The Morgan fingerprint density at radius 3 is 2.00 bits per heavy atom. The summed E-state index contributed by atoms with van der Waals surface area (Å²) in [4.78, 5) is 10.0. The van der Waals surface area contributed by atoms with Crippen LogP contribution in [-0.4, -0.2) is 6.29 Å². The van der Waals surface area contributed by atoms with Gasteiger partial charge in [0.2, 0.25) is 0 Å². The Hall–Kier alpha value is -0.590. The zero-order valence-electron chi connectivity index (χ0n) is 10.2. The second-order valence-corrected chi connectivity index (χ2v) is 4.13. The maximum Gasteiger partial charge on any atom is 0.120 e. The first-order valence-corrected chi connectivity index (χ1v) is 6.50. The van der Waals surface area contributed by atoms with Crippen LogP contribution >= 0.6 is 0 Å². The zero-order chi connectivity index (χ0) is 11.2. The van der Waals surface area contributed by atoms with Gasteiger partial charge in [-0.05, 0) is 25.7 Å². The summed E-state index contributed by atoms with van der Waals surface area (Å²) in [5.41, 5.74) is 0. The van der Waals surface area contributed by atoms with Gasteiger partial charge in [0.05, 0.1) is 0 Å². The summed E-state index contributed by atoms with van der Waals surface area (Å²) in [5.74, 6) is 0. The third-order valence-corrected chi connectivity index (χ3v) is 2.58. The quantitative estimate of drug-likeness (QED) is 0.275. The van der Waals surface area contributed by atoms with Crippen molar-refractivity contribution in [1.82, 2.24) is 0 Å². The minimum Gasteiger partial charge on any atom is -0.303 e. The smallest absolute Gasteiger partial charge is 0.120 e. The highest BCUT2D eigenvalue weighted by Gasteiger charge is 1.88. The van der Waals surface area contributed by atoms with Crippen LogP contribution in [-0.2, 0) is 4.79 Å². The van der Waals surface area contributed by atoms with Crippen molar-refractivity contribution in [3.05, 3.63) is 12.2 Å². The van der Waals surface area contributed by atoms with Gasteiger partial charge in [0.25, 0.3) is 0 Å². The number of allylic oxidation sites excluding steroid dienone is 2. The SMILES string of the molecule is CCCCCCCC/C=C/CCCC=O. The molecule has 1 heteroatoms.